The maximum absolute atomic E-state index is 5.87. The lowest BCUT2D eigenvalue weighted by Gasteiger charge is -2.21. The highest BCUT2D eigenvalue weighted by atomic mass is 127. The van der Waals surface area contributed by atoms with Crippen LogP contribution in [-0.4, -0.2) is 16.5 Å². The van der Waals surface area contributed by atoms with Crippen molar-refractivity contribution in [3.8, 4) is 0 Å². The van der Waals surface area contributed by atoms with Crippen LogP contribution in [0.1, 0.15) is 26.3 Å². The van der Waals surface area contributed by atoms with Crippen LogP contribution in [0.15, 0.2) is 41.5 Å². The molecule has 0 aliphatic heterocycles. The summed E-state index contributed by atoms with van der Waals surface area (Å²) in [7, 11) is 0. The van der Waals surface area contributed by atoms with E-state index < -0.39 is 0 Å². The summed E-state index contributed by atoms with van der Waals surface area (Å²) in [5, 5.41) is 4.27. The third-order valence-corrected chi connectivity index (χ3v) is 2.64. The number of aromatic nitrogens is 1. The lowest BCUT2D eigenvalue weighted by Crippen LogP contribution is -2.44. The fourth-order valence-corrected chi connectivity index (χ4v) is 1.89. The van der Waals surface area contributed by atoms with Gasteiger partial charge >= 0.3 is 0 Å². The van der Waals surface area contributed by atoms with Crippen LogP contribution < -0.4 is 11.1 Å². The molecule has 3 N–H and O–H groups in total. The van der Waals surface area contributed by atoms with Crippen molar-refractivity contribution in [2.24, 2.45) is 10.7 Å². The summed E-state index contributed by atoms with van der Waals surface area (Å²) in [4.78, 5) is 8.78. The number of aliphatic imine (C=N–C) groups is 1. The van der Waals surface area contributed by atoms with Crippen molar-refractivity contribution in [3.05, 3.63) is 42.1 Å². The molecule has 108 valence electrons. The Hall–Kier alpha value is -1.37. The summed E-state index contributed by atoms with van der Waals surface area (Å²) in [6, 6.07) is 10.1. The van der Waals surface area contributed by atoms with Crippen LogP contribution in [0.4, 0.5) is 0 Å². The monoisotopic (exact) mass is 384 g/mol. The van der Waals surface area contributed by atoms with E-state index in [4.69, 9.17) is 5.73 Å². The Morgan fingerprint density at radius 1 is 1.25 bits per heavy atom. The summed E-state index contributed by atoms with van der Waals surface area (Å²) in [5.74, 6) is 0.459. The van der Waals surface area contributed by atoms with Gasteiger partial charge in [0.05, 0.1) is 12.1 Å². The van der Waals surface area contributed by atoms with Crippen molar-refractivity contribution in [1.82, 2.24) is 10.3 Å². The number of para-hydroxylation sites is 1. The molecule has 0 saturated heterocycles. The molecule has 0 aliphatic carbocycles. The van der Waals surface area contributed by atoms with Gasteiger partial charge in [-0.15, -0.1) is 24.0 Å². The van der Waals surface area contributed by atoms with E-state index in [-0.39, 0.29) is 29.5 Å². The molecule has 0 atom stereocenters. The van der Waals surface area contributed by atoms with Crippen LogP contribution in [0, 0.1) is 0 Å². The fourth-order valence-electron chi connectivity index (χ4n) is 1.89. The molecule has 4 nitrogen and oxygen atoms in total. The number of pyridine rings is 1. The van der Waals surface area contributed by atoms with Gasteiger partial charge in [-0.3, -0.25) is 4.98 Å². The van der Waals surface area contributed by atoms with Gasteiger partial charge in [-0.05, 0) is 32.4 Å². The number of nitrogens with two attached hydrogens (primary N) is 1. The summed E-state index contributed by atoms with van der Waals surface area (Å²) in [6.45, 7) is 6.68. The van der Waals surface area contributed by atoms with Crippen LogP contribution in [0.2, 0.25) is 0 Å². The van der Waals surface area contributed by atoms with Crippen LogP contribution in [0.5, 0.6) is 0 Å². The van der Waals surface area contributed by atoms with E-state index in [1.165, 1.54) is 0 Å². The summed E-state index contributed by atoms with van der Waals surface area (Å²) >= 11 is 0. The highest BCUT2D eigenvalue weighted by Crippen LogP contribution is 2.16. The molecule has 0 radical (unpaired) electrons. The molecule has 0 fully saturated rings. The second kappa shape index (κ2) is 6.88. The van der Waals surface area contributed by atoms with Gasteiger partial charge in [0.25, 0.3) is 0 Å². The molecule has 2 aromatic rings. The van der Waals surface area contributed by atoms with Crippen molar-refractivity contribution in [2.75, 3.05) is 0 Å². The summed E-state index contributed by atoms with van der Waals surface area (Å²) in [6.07, 6.45) is 1.80. The lowest BCUT2D eigenvalue weighted by molar-refractivity contribution is 0.508. The van der Waals surface area contributed by atoms with Gasteiger partial charge in [0.15, 0.2) is 5.96 Å². The SMILES string of the molecule is CC(C)(C)NC(N)=NCc1cccc2cccnc12.I. The van der Waals surface area contributed by atoms with Crippen molar-refractivity contribution in [1.29, 1.82) is 0 Å². The number of rotatable bonds is 2. The number of fused-ring (bicyclic) bond motifs is 1. The lowest BCUT2D eigenvalue weighted by atomic mass is 10.1. The molecule has 5 heteroatoms. The van der Waals surface area contributed by atoms with Gasteiger partial charge in [-0.2, -0.15) is 0 Å². The standard InChI is InChI=1S/C15H20N4.HI/c1-15(2,3)19-14(16)18-10-12-7-4-6-11-8-5-9-17-13(11)12;/h4-9H,10H2,1-3H3,(H3,16,18,19);1H. The van der Waals surface area contributed by atoms with Crippen molar-refractivity contribution in [2.45, 2.75) is 32.9 Å². The van der Waals surface area contributed by atoms with Gasteiger partial charge in [0.2, 0.25) is 0 Å². The predicted octanol–water partition coefficient (Wildman–Crippen LogP) is 3.06. The first-order chi connectivity index (χ1) is 8.96. The zero-order chi connectivity index (χ0) is 13.9. The smallest absolute Gasteiger partial charge is 0.189 e. The van der Waals surface area contributed by atoms with Crippen molar-refractivity contribution in [3.63, 3.8) is 0 Å². The molecule has 1 heterocycles. The molecule has 0 aliphatic rings. The van der Waals surface area contributed by atoms with E-state index in [0.29, 0.717) is 12.5 Å². The maximum atomic E-state index is 5.87. The van der Waals surface area contributed by atoms with E-state index in [2.05, 4.69) is 36.1 Å². The predicted molar refractivity (Wildman–Crippen MR) is 95.4 cm³/mol. The molecular formula is C15H21IN4. The number of nitrogens with one attached hydrogen (secondary N) is 1. The molecule has 2 rings (SSSR count). The van der Waals surface area contributed by atoms with E-state index in [1.54, 1.807) is 6.20 Å². The van der Waals surface area contributed by atoms with E-state index in [0.717, 1.165) is 16.5 Å². The minimum absolute atomic E-state index is 0. The number of benzene rings is 1. The molecule has 0 spiro atoms. The highest BCUT2D eigenvalue weighted by molar-refractivity contribution is 14.0. The van der Waals surface area contributed by atoms with E-state index in [9.17, 15) is 0 Å². The molecule has 1 aromatic heterocycles. The first-order valence-electron chi connectivity index (χ1n) is 6.36. The van der Waals surface area contributed by atoms with Gasteiger partial charge < -0.3 is 11.1 Å². The highest BCUT2D eigenvalue weighted by Gasteiger charge is 2.09. The second-order valence-corrected chi connectivity index (χ2v) is 5.57. The molecule has 1 aromatic carbocycles. The zero-order valence-corrected chi connectivity index (χ0v) is 14.4. The van der Waals surface area contributed by atoms with Gasteiger partial charge in [-0.1, -0.05) is 24.3 Å². The average Bonchev–Trinajstić information content (AvgIpc) is 2.34. The minimum atomic E-state index is -0.0788. The number of nitrogens with zero attached hydrogens (tertiary/aromatic N) is 2. The molecular weight excluding hydrogens is 363 g/mol. The van der Waals surface area contributed by atoms with E-state index >= 15 is 0 Å². The Morgan fingerprint density at radius 3 is 2.65 bits per heavy atom. The molecule has 0 unspecified atom stereocenters. The topological polar surface area (TPSA) is 63.3 Å². The third kappa shape index (κ3) is 4.63. The normalized spacial score (nSPS) is 12.1. The first kappa shape index (κ1) is 16.7. The van der Waals surface area contributed by atoms with Gasteiger partial charge in [-0.25, -0.2) is 4.99 Å². The quantitative estimate of drug-likeness (QED) is 0.475. The number of hydrogen-bond donors (Lipinski definition) is 2. The average molecular weight is 384 g/mol. The first-order valence-corrected chi connectivity index (χ1v) is 6.36. The van der Waals surface area contributed by atoms with E-state index in [1.807, 2.05) is 30.3 Å². The van der Waals surface area contributed by atoms with Crippen LogP contribution >= 0.6 is 24.0 Å². The molecule has 0 amide bonds. The third-order valence-electron chi connectivity index (χ3n) is 2.64. The van der Waals surface area contributed by atoms with Crippen LogP contribution in [0.25, 0.3) is 10.9 Å². The van der Waals surface area contributed by atoms with Gasteiger partial charge in [0, 0.05) is 17.1 Å². The molecule has 0 saturated carbocycles. The van der Waals surface area contributed by atoms with Crippen LogP contribution in [-0.2, 0) is 6.54 Å². The molecule has 20 heavy (non-hydrogen) atoms. The number of hydrogen-bond acceptors (Lipinski definition) is 2. The minimum Gasteiger partial charge on any atom is -0.370 e. The Balaban J connectivity index is 0.00000200. The zero-order valence-electron chi connectivity index (χ0n) is 12.1. The fraction of sp³-hybridized carbons (Fsp3) is 0.333. The Morgan fingerprint density at radius 2 is 1.95 bits per heavy atom. The molecule has 0 bridgehead atoms. The second-order valence-electron chi connectivity index (χ2n) is 5.57. The Labute approximate surface area is 136 Å². The number of halogens is 1. The largest absolute Gasteiger partial charge is 0.370 e. The summed E-state index contributed by atoms with van der Waals surface area (Å²) in [5.41, 5.74) is 7.86. The summed E-state index contributed by atoms with van der Waals surface area (Å²) < 4.78 is 0. The van der Waals surface area contributed by atoms with Crippen molar-refractivity contribution < 1.29 is 0 Å². The van der Waals surface area contributed by atoms with Crippen LogP contribution in [0.3, 0.4) is 0 Å². The van der Waals surface area contributed by atoms with Crippen molar-refractivity contribution >= 4 is 40.8 Å². The Bertz CT molecular complexity index is 597. The number of guanidine groups is 1. The Kier molecular flexibility index (Phi) is 5.74. The van der Waals surface area contributed by atoms with Gasteiger partial charge in [0.1, 0.15) is 0 Å². The maximum Gasteiger partial charge on any atom is 0.189 e.